The van der Waals surface area contributed by atoms with Gasteiger partial charge in [0.15, 0.2) is 15.0 Å². The van der Waals surface area contributed by atoms with Gasteiger partial charge in [-0.3, -0.25) is 14.6 Å². The van der Waals surface area contributed by atoms with Crippen LogP contribution in [0.4, 0.5) is 5.69 Å². The summed E-state index contributed by atoms with van der Waals surface area (Å²) < 4.78 is 23.3. The molecule has 0 radical (unpaired) electrons. The Morgan fingerprint density at radius 2 is 2.03 bits per heavy atom. The average Bonchev–Trinajstić information content (AvgIpc) is 3.31. The Balaban J connectivity index is 1.23. The standard InChI is InChI=1S/C19H24N4O4S2/c24-17-3-1-9-23(17)10-2-8-20-18(25)13-4-6-14(7-5-13)21-19-22-15-11-29(26,27)12-16(15)28-19/h4-7,15-16H,1-3,8-12H2,(H,20,25)(H,21,22)/t15-,16-/m0/s1. The van der Waals surface area contributed by atoms with Crippen LogP contribution in [0.1, 0.15) is 29.6 Å². The second kappa shape index (κ2) is 8.35. The molecule has 10 heteroatoms. The van der Waals surface area contributed by atoms with Crippen molar-refractivity contribution in [3.8, 4) is 0 Å². The van der Waals surface area contributed by atoms with Gasteiger partial charge in [-0.2, -0.15) is 0 Å². The van der Waals surface area contributed by atoms with Crippen LogP contribution < -0.4 is 10.6 Å². The predicted molar refractivity (Wildman–Crippen MR) is 114 cm³/mol. The smallest absolute Gasteiger partial charge is 0.251 e. The van der Waals surface area contributed by atoms with Crippen LogP contribution in [0.5, 0.6) is 0 Å². The number of thioether (sulfide) groups is 1. The molecule has 3 aliphatic rings. The van der Waals surface area contributed by atoms with Crippen molar-refractivity contribution in [3.05, 3.63) is 29.8 Å². The zero-order valence-corrected chi connectivity index (χ0v) is 17.6. The maximum absolute atomic E-state index is 12.3. The SMILES string of the molecule is O=C(NCCCN1CCCC1=O)c1ccc(NC2=N[C@H]3CS(=O)(=O)C[C@@H]3S2)cc1. The van der Waals surface area contributed by atoms with Gasteiger partial charge in [-0.25, -0.2) is 8.42 Å². The zero-order chi connectivity index (χ0) is 20.4. The first-order valence-electron chi connectivity index (χ1n) is 9.77. The normalized spacial score (nSPS) is 25.0. The fourth-order valence-corrected chi connectivity index (χ4v) is 7.43. The number of amides is 2. The topological polar surface area (TPSA) is 108 Å². The molecule has 0 aromatic heterocycles. The van der Waals surface area contributed by atoms with Crippen LogP contribution in [0, 0.1) is 0 Å². The number of sulfone groups is 1. The van der Waals surface area contributed by atoms with Gasteiger partial charge in [-0.15, -0.1) is 0 Å². The van der Waals surface area contributed by atoms with Crippen molar-refractivity contribution in [1.82, 2.24) is 10.2 Å². The lowest BCUT2D eigenvalue weighted by molar-refractivity contribution is -0.127. The van der Waals surface area contributed by atoms with E-state index in [0.717, 1.165) is 30.2 Å². The number of fused-ring (bicyclic) bond motifs is 1. The molecule has 2 amide bonds. The summed E-state index contributed by atoms with van der Waals surface area (Å²) >= 11 is 1.47. The van der Waals surface area contributed by atoms with Gasteiger partial charge in [-0.05, 0) is 37.1 Å². The molecule has 0 unspecified atom stereocenters. The molecule has 0 aliphatic carbocycles. The van der Waals surface area contributed by atoms with E-state index in [9.17, 15) is 18.0 Å². The number of amidine groups is 1. The number of likely N-dealkylation sites (tertiary alicyclic amines) is 1. The minimum atomic E-state index is -2.95. The molecule has 2 atom stereocenters. The van der Waals surface area contributed by atoms with Crippen molar-refractivity contribution in [2.75, 3.05) is 36.5 Å². The van der Waals surface area contributed by atoms with Gasteiger partial charge in [-0.1, -0.05) is 11.8 Å². The summed E-state index contributed by atoms with van der Waals surface area (Å²) in [6, 6.07) is 6.95. The molecule has 0 spiro atoms. The van der Waals surface area contributed by atoms with Gasteiger partial charge in [0.25, 0.3) is 5.91 Å². The maximum atomic E-state index is 12.3. The number of rotatable bonds is 6. The van der Waals surface area contributed by atoms with E-state index in [1.54, 1.807) is 12.1 Å². The van der Waals surface area contributed by atoms with Gasteiger partial charge in [0, 0.05) is 42.6 Å². The van der Waals surface area contributed by atoms with E-state index >= 15 is 0 Å². The van der Waals surface area contributed by atoms with E-state index in [-0.39, 0.29) is 34.6 Å². The Morgan fingerprint density at radius 3 is 2.72 bits per heavy atom. The summed E-state index contributed by atoms with van der Waals surface area (Å²) in [6.45, 7) is 2.04. The molecule has 2 saturated heterocycles. The molecule has 0 bridgehead atoms. The predicted octanol–water partition coefficient (Wildman–Crippen LogP) is 1.11. The minimum Gasteiger partial charge on any atom is -0.352 e. The number of aliphatic imine (C=N–C) groups is 1. The van der Waals surface area contributed by atoms with E-state index in [4.69, 9.17) is 0 Å². The molecule has 4 rings (SSSR count). The van der Waals surface area contributed by atoms with Crippen LogP contribution in [0.2, 0.25) is 0 Å². The Kier molecular flexibility index (Phi) is 5.82. The third kappa shape index (κ3) is 4.92. The van der Waals surface area contributed by atoms with Crippen molar-refractivity contribution in [1.29, 1.82) is 0 Å². The Morgan fingerprint density at radius 1 is 1.24 bits per heavy atom. The molecule has 1 aromatic rings. The summed E-state index contributed by atoms with van der Waals surface area (Å²) in [7, 11) is -2.95. The summed E-state index contributed by atoms with van der Waals surface area (Å²) in [4.78, 5) is 30.1. The third-order valence-corrected chi connectivity index (χ3v) is 8.42. The second-order valence-electron chi connectivity index (χ2n) is 7.53. The number of hydrogen-bond donors (Lipinski definition) is 2. The number of hydrogen-bond acceptors (Lipinski definition) is 7. The monoisotopic (exact) mass is 436 g/mol. The van der Waals surface area contributed by atoms with Crippen molar-refractivity contribution in [2.24, 2.45) is 4.99 Å². The lowest BCUT2D eigenvalue weighted by atomic mass is 10.2. The van der Waals surface area contributed by atoms with E-state index in [1.807, 2.05) is 17.0 Å². The van der Waals surface area contributed by atoms with Gasteiger partial charge in [0.1, 0.15) is 0 Å². The fourth-order valence-electron chi connectivity index (χ4n) is 3.76. The highest BCUT2D eigenvalue weighted by atomic mass is 32.2. The van der Waals surface area contributed by atoms with Crippen molar-refractivity contribution in [3.63, 3.8) is 0 Å². The summed E-state index contributed by atoms with van der Waals surface area (Å²) in [5, 5.41) is 6.81. The van der Waals surface area contributed by atoms with Crippen molar-refractivity contribution < 1.29 is 18.0 Å². The Bertz CT molecular complexity index is 930. The van der Waals surface area contributed by atoms with E-state index < -0.39 is 9.84 Å². The van der Waals surface area contributed by atoms with Gasteiger partial charge in [0.05, 0.1) is 17.5 Å². The quantitative estimate of drug-likeness (QED) is 0.647. The second-order valence-corrected chi connectivity index (χ2v) is 10.9. The first-order chi connectivity index (χ1) is 13.9. The molecule has 0 saturated carbocycles. The third-order valence-electron chi connectivity index (χ3n) is 5.28. The first-order valence-corrected chi connectivity index (χ1v) is 12.5. The largest absolute Gasteiger partial charge is 0.352 e. The zero-order valence-electron chi connectivity index (χ0n) is 16.0. The number of benzene rings is 1. The summed E-state index contributed by atoms with van der Waals surface area (Å²) in [6.07, 6.45) is 2.31. The molecule has 8 nitrogen and oxygen atoms in total. The van der Waals surface area contributed by atoms with Crippen LogP contribution in [-0.2, 0) is 14.6 Å². The number of nitrogens with one attached hydrogen (secondary N) is 2. The molecule has 156 valence electrons. The van der Waals surface area contributed by atoms with Crippen LogP contribution in [-0.4, -0.2) is 72.7 Å². The summed E-state index contributed by atoms with van der Waals surface area (Å²) in [5.41, 5.74) is 1.37. The van der Waals surface area contributed by atoms with Crippen LogP contribution in [0.15, 0.2) is 29.3 Å². The molecule has 3 heterocycles. The number of carbonyl (C=O) groups is 2. The highest BCUT2D eigenvalue weighted by Crippen LogP contribution is 2.34. The highest BCUT2D eigenvalue weighted by molar-refractivity contribution is 8.15. The molecule has 2 fully saturated rings. The van der Waals surface area contributed by atoms with Gasteiger partial charge in [0.2, 0.25) is 5.91 Å². The molecule has 29 heavy (non-hydrogen) atoms. The van der Waals surface area contributed by atoms with Crippen LogP contribution >= 0.6 is 11.8 Å². The summed E-state index contributed by atoms with van der Waals surface area (Å²) in [5.74, 6) is 0.370. The van der Waals surface area contributed by atoms with Crippen LogP contribution in [0.25, 0.3) is 0 Å². The lowest BCUT2D eigenvalue weighted by Gasteiger charge is -2.15. The number of carbonyl (C=O) groups excluding carboxylic acids is 2. The molecule has 1 aromatic carbocycles. The molecular weight excluding hydrogens is 412 g/mol. The van der Waals surface area contributed by atoms with Crippen molar-refractivity contribution in [2.45, 2.75) is 30.6 Å². The number of nitrogens with zero attached hydrogens (tertiary/aromatic N) is 2. The molecule has 2 N–H and O–H groups in total. The van der Waals surface area contributed by atoms with Crippen LogP contribution in [0.3, 0.4) is 0 Å². The molecular formula is C19H24N4O4S2. The molecule has 3 aliphatic heterocycles. The first kappa shape index (κ1) is 20.2. The lowest BCUT2D eigenvalue weighted by Crippen LogP contribution is -2.30. The van der Waals surface area contributed by atoms with Crippen molar-refractivity contribution >= 4 is 44.3 Å². The van der Waals surface area contributed by atoms with E-state index in [1.165, 1.54) is 11.8 Å². The number of anilines is 1. The van der Waals surface area contributed by atoms with E-state index in [0.29, 0.717) is 25.1 Å². The van der Waals surface area contributed by atoms with Gasteiger partial charge >= 0.3 is 0 Å². The highest BCUT2D eigenvalue weighted by Gasteiger charge is 2.42. The average molecular weight is 437 g/mol. The van der Waals surface area contributed by atoms with E-state index in [2.05, 4.69) is 15.6 Å². The minimum absolute atomic E-state index is 0.00315. The Labute approximate surface area is 174 Å². The Hall–Kier alpha value is -2.07. The fraction of sp³-hybridized carbons (Fsp3) is 0.526. The maximum Gasteiger partial charge on any atom is 0.251 e. The van der Waals surface area contributed by atoms with Gasteiger partial charge < -0.3 is 15.5 Å².